The van der Waals surface area contributed by atoms with Gasteiger partial charge in [-0.3, -0.25) is 0 Å². The molecular formula is C13H9ClN2O2S. The molecule has 2 rings (SSSR count). The number of hydrogen-bond acceptors (Lipinski definition) is 4. The Bertz CT molecular complexity index is 724. The van der Waals surface area contributed by atoms with Crippen LogP contribution in [0.3, 0.4) is 0 Å². The largest absolute Gasteiger partial charge is 0.244 e. The van der Waals surface area contributed by atoms with Crippen molar-refractivity contribution in [3.8, 4) is 6.07 Å². The average molecular weight is 293 g/mol. The molecular weight excluding hydrogens is 284 g/mol. The van der Waals surface area contributed by atoms with Crippen LogP contribution < -0.4 is 0 Å². The molecule has 1 aromatic carbocycles. The second-order valence-electron chi connectivity index (χ2n) is 3.75. The van der Waals surface area contributed by atoms with Crippen LogP contribution in [0.1, 0.15) is 10.8 Å². The third kappa shape index (κ3) is 2.60. The Kier molecular flexibility index (Phi) is 3.84. The molecule has 1 atom stereocenters. The summed E-state index contributed by atoms with van der Waals surface area (Å²) in [7, 11) is -3.81. The Hall–Kier alpha value is -1.90. The van der Waals surface area contributed by atoms with Crippen LogP contribution in [0.25, 0.3) is 0 Å². The number of nitrogens with zero attached hydrogens (tertiary/aromatic N) is 2. The molecule has 0 saturated heterocycles. The van der Waals surface area contributed by atoms with E-state index in [0.29, 0.717) is 0 Å². The maximum atomic E-state index is 12.4. The van der Waals surface area contributed by atoms with Crippen molar-refractivity contribution in [3.05, 3.63) is 59.4 Å². The maximum Gasteiger partial charge on any atom is 0.198 e. The Morgan fingerprint density at radius 3 is 2.42 bits per heavy atom. The van der Waals surface area contributed by atoms with E-state index in [2.05, 4.69) is 4.98 Å². The maximum absolute atomic E-state index is 12.4. The van der Waals surface area contributed by atoms with Gasteiger partial charge in [0, 0.05) is 11.8 Å². The van der Waals surface area contributed by atoms with Crippen molar-refractivity contribution in [3.63, 3.8) is 0 Å². The number of benzene rings is 1. The normalized spacial score (nSPS) is 12.6. The minimum atomic E-state index is -3.81. The van der Waals surface area contributed by atoms with Crippen LogP contribution in [0.15, 0.2) is 53.6 Å². The SMILES string of the molecule is N#C[C@@H](c1cccnc1Cl)S(=O)(=O)c1ccccc1. The van der Waals surface area contributed by atoms with Gasteiger partial charge in [0.05, 0.1) is 11.0 Å². The van der Waals surface area contributed by atoms with Crippen molar-refractivity contribution < 1.29 is 8.42 Å². The molecule has 0 aliphatic carbocycles. The van der Waals surface area contributed by atoms with E-state index < -0.39 is 15.1 Å². The quantitative estimate of drug-likeness (QED) is 0.816. The highest BCUT2D eigenvalue weighted by molar-refractivity contribution is 7.92. The van der Waals surface area contributed by atoms with Crippen LogP contribution in [-0.4, -0.2) is 13.4 Å². The fourth-order valence-electron chi connectivity index (χ4n) is 1.65. The van der Waals surface area contributed by atoms with E-state index in [-0.39, 0.29) is 15.6 Å². The monoisotopic (exact) mass is 292 g/mol. The van der Waals surface area contributed by atoms with Gasteiger partial charge in [-0.05, 0) is 18.2 Å². The molecule has 4 nitrogen and oxygen atoms in total. The smallest absolute Gasteiger partial charge is 0.198 e. The van der Waals surface area contributed by atoms with Crippen LogP contribution in [-0.2, 0) is 9.84 Å². The second kappa shape index (κ2) is 5.39. The fraction of sp³-hybridized carbons (Fsp3) is 0.0769. The third-order valence-corrected chi connectivity index (χ3v) is 4.79. The zero-order valence-corrected chi connectivity index (χ0v) is 11.3. The van der Waals surface area contributed by atoms with E-state index in [1.54, 1.807) is 30.3 Å². The Balaban J connectivity index is 2.56. The summed E-state index contributed by atoms with van der Waals surface area (Å²) in [6.45, 7) is 0. The number of sulfone groups is 1. The minimum absolute atomic E-state index is 0.0218. The molecule has 2 aromatic rings. The van der Waals surface area contributed by atoms with Crippen LogP contribution in [0, 0.1) is 11.3 Å². The lowest BCUT2D eigenvalue weighted by atomic mass is 10.2. The van der Waals surface area contributed by atoms with Crippen molar-refractivity contribution >= 4 is 21.4 Å². The zero-order valence-electron chi connectivity index (χ0n) is 9.69. The predicted octanol–water partition coefficient (Wildman–Crippen LogP) is 2.77. The molecule has 0 saturated carbocycles. The molecule has 0 fully saturated rings. The van der Waals surface area contributed by atoms with Crippen molar-refractivity contribution in [1.29, 1.82) is 5.26 Å². The van der Waals surface area contributed by atoms with Crippen molar-refractivity contribution in [2.75, 3.05) is 0 Å². The highest BCUT2D eigenvalue weighted by Crippen LogP contribution is 2.31. The van der Waals surface area contributed by atoms with Gasteiger partial charge in [-0.2, -0.15) is 5.26 Å². The summed E-state index contributed by atoms with van der Waals surface area (Å²) in [4.78, 5) is 3.89. The summed E-state index contributed by atoms with van der Waals surface area (Å²) >= 11 is 5.86. The molecule has 0 bridgehead atoms. The van der Waals surface area contributed by atoms with Crippen LogP contribution in [0.5, 0.6) is 0 Å². The van der Waals surface area contributed by atoms with E-state index in [4.69, 9.17) is 11.6 Å². The second-order valence-corrected chi connectivity index (χ2v) is 6.14. The summed E-state index contributed by atoms with van der Waals surface area (Å²) in [6, 6.07) is 12.6. The number of aromatic nitrogens is 1. The van der Waals surface area contributed by atoms with Gasteiger partial charge in [0.1, 0.15) is 5.15 Å². The van der Waals surface area contributed by atoms with Crippen molar-refractivity contribution in [2.45, 2.75) is 10.1 Å². The number of rotatable bonds is 3. The van der Waals surface area contributed by atoms with Gasteiger partial charge in [-0.25, -0.2) is 13.4 Å². The number of hydrogen-bond donors (Lipinski definition) is 0. The average Bonchev–Trinajstić information content (AvgIpc) is 2.42. The number of nitriles is 1. The number of pyridine rings is 1. The lowest BCUT2D eigenvalue weighted by Crippen LogP contribution is -2.13. The Morgan fingerprint density at radius 2 is 1.84 bits per heavy atom. The summed E-state index contributed by atoms with van der Waals surface area (Å²) in [5, 5.41) is 7.84. The molecule has 19 heavy (non-hydrogen) atoms. The highest BCUT2D eigenvalue weighted by atomic mass is 35.5. The summed E-state index contributed by atoms with van der Waals surface area (Å²) in [5.74, 6) is 0. The molecule has 6 heteroatoms. The zero-order chi connectivity index (χ0) is 13.9. The number of halogens is 1. The molecule has 0 spiro atoms. The Morgan fingerprint density at radius 1 is 1.16 bits per heavy atom. The van der Waals surface area contributed by atoms with Crippen molar-refractivity contribution in [1.82, 2.24) is 4.98 Å². The first-order chi connectivity index (χ1) is 9.07. The molecule has 0 aliphatic heterocycles. The molecule has 0 amide bonds. The molecule has 96 valence electrons. The first-order valence-electron chi connectivity index (χ1n) is 5.36. The van der Waals surface area contributed by atoms with Gasteiger partial charge in [0.15, 0.2) is 15.1 Å². The van der Waals surface area contributed by atoms with Gasteiger partial charge >= 0.3 is 0 Å². The van der Waals surface area contributed by atoms with Crippen LogP contribution >= 0.6 is 11.6 Å². The first kappa shape index (κ1) is 13.5. The molecule has 1 aromatic heterocycles. The lowest BCUT2D eigenvalue weighted by molar-refractivity contribution is 0.591. The van der Waals surface area contributed by atoms with Gasteiger partial charge in [0.2, 0.25) is 0 Å². The van der Waals surface area contributed by atoms with E-state index in [1.807, 2.05) is 0 Å². The highest BCUT2D eigenvalue weighted by Gasteiger charge is 2.30. The standard InChI is InChI=1S/C13H9ClN2O2S/c14-13-11(7-4-8-16-13)12(9-15)19(17,18)10-5-2-1-3-6-10/h1-8,12H/t12-/m0/s1. The van der Waals surface area contributed by atoms with E-state index in [9.17, 15) is 13.7 Å². The van der Waals surface area contributed by atoms with E-state index in [1.165, 1.54) is 24.4 Å². The van der Waals surface area contributed by atoms with E-state index in [0.717, 1.165) is 0 Å². The van der Waals surface area contributed by atoms with Gasteiger partial charge in [-0.1, -0.05) is 35.9 Å². The molecule has 1 heterocycles. The molecule has 0 unspecified atom stereocenters. The molecule has 0 N–H and O–H groups in total. The third-order valence-electron chi connectivity index (χ3n) is 2.57. The van der Waals surface area contributed by atoms with Crippen molar-refractivity contribution in [2.24, 2.45) is 0 Å². The lowest BCUT2D eigenvalue weighted by Gasteiger charge is -2.11. The van der Waals surface area contributed by atoms with E-state index >= 15 is 0 Å². The topological polar surface area (TPSA) is 70.8 Å². The van der Waals surface area contributed by atoms with Gasteiger partial charge in [-0.15, -0.1) is 0 Å². The van der Waals surface area contributed by atoms with Crippen LogP contribution in [0.2, 0.25) is 5.15 Å². The molecule has 0 radical (unpaired) electrons. The van der Waals surface area contributed by atoms with Crippen LogP contribution in [0.4, 0.5) is 0 Å². The van der Waals surface area contributed by atoms with Gasteiger partial charge < -0.3 is 0 Å². The molecule has 0 aliphatic rings. The summed E-state index contributed by atoms with van der Waals surface area (Å²) in [6.07, 6.45) is 1.44. The van der Waals surface area contributed by atoms with Gasteiger partial charge in [0.25, 0.3) is 0 Å². The first-order valence-corrected chi connectivity index (χ1v) is 7.29. The summed E-state index contributed by atoms with van der Waals surface area (Å²) in [5.41, 5.74) is 0.190. The Labute approximate surface area is 116 Å². The predicted molar refractivity (Wildman–Crippen MR) is 71.2 cm³/mol. The minimum Gasteiger partial charge on any atom is -0.244 e. The summed E-state index contributed by atoms with van der Waals surface area (Å²) < 4.78 is 24.8. The fourth-order valence-corrected chi connectivity index (χ4v) is 3.41.